The lowest BCUT2D eigenvalue weighted by atomic mass is 10.3. The minimum absolute atomic E-state index is 0.143. The van der Waals surface area contributed by atoms with Crippen molar-refractivity contribution in [2.75, 3.05) is 6.54 Å². The van der Waals surface area contributed by atoms with Gasteiger partial charge >= 0.3 is 0 Å². The lowest BCUT2D eigenvalue weighted by Gasteiger charge is -2.05. The van der Waals surface area contributed by atoms with Crippen molar-refractivity contribution in [1.82, 2.24) is 29.2 Å². The van der Waals surface area contributed by atoms with Crippen molar-refractivity contribution in [3.63, 3.8) is 0 Å². The Labute approximate surface area is 138 Å². The van der Waals surface area contributed by atoms with E-state index in [-0.39, 0.29) is 5.56 Å². The first-order valence-electron chi connectivity index (χ1n) is 8.11. The summed E-state index contributed by atoms with van der Waals surface area (Å²) in [5.74, 6) is 1.07. The van der Waals surface area contributed by atoms with E-state index in [0.717, 1.165) is 19.4 Å². The van der Waals surface area contributed by atoms with Gasteiger partial charge in [-0.3, -0.25) is 13.8 Å². The molecule has 3 aromatic rings. The standard InChI is InChI=1S/C16H21N7O/c1-3-5-18-10-11(9-17)13-20-12-14(21-13)22-8-6-19-16(22)23(7-4-2)15(12)24/h6,8-10,17-18H,3-5,7H2,1-2H3,(H,20,21)/b11-10+,17-9?. The van der Waals surface area contributed by atoms with E-state index >= 15 is 0 Å². The number of fused-ring (bicyclic) bond motifs is 3. The van der Waals surface area contributed by atoms with Crippen molar-refractivity contribution in [1.29, 1.82) is 5.41 Å². The molecule has 24 heavy (non-hydrogen) atoms. The number of aromatic amines is 1. The number of aryl methyl sites for hydroxylation is 1. The van der Waals surface area contributed by atoms with Crippen LogP contribution in [-0.2, 0) is 6.54 Å². The van der Waals surface area contributed by atoms with Gasteiger partial charge in [-0.15, -0.1) is 0 Å². The van der Waals surface area contributed by atoms with Crippen molar-refractivity contribution in [2.24, 2.45) is 0 Å². The van der Waals surface area contributed by atoms with Gasteiger partial charge < -0.3 is 15.7 Å². The molecule has 3 heterocycles. The zero-order valence-corrected chi connectivity index (χ0v) is 13.8. The molecule has 126 valence electrons. The van der Waals surface area contributed by atoms with Gasteiger partial charge in [-0.1, -0.05) is 13.8 Å². The summed E-state index contributed by atoms with van der Waals surface area (Å²) in [4.78, 5) is 24.6. The Kier molecular flexibility index (Phi) is 4.45. The minimum atomic E-state index is -0.143. The van der Waals surface area contributed by atoms with E-state index in [1.165, 1.54) is 6.21 Å². The first-order chi connectivity index (χ1) is 11.7. The summed E-state index contributed by atoms with van der Waals surface area (Å²) < 4.78 is 3.45. The van der Waals surface area contributed by atoms with E-state index < -0.39 is 0 Å². The number of nitrogens with one attached hydrogen (secondary N) is 3. The van der Waals surface area contributed by atoms with Crippen LogP contribution in [0.15, 0.2) is 23.4 Å². The van der Waals surface area contributed by atoms with Crippen molar-refractivity contribution < 1.29 is 0 Å². The van der Waals surface area contributed by atoms with E-state index in [4.69, 9.17) is 5.41 Å². The van der Waals surface area contributed by atoms with Crippen LogP contribution in [0.2, 0.25) is 0 Å². The molecule has 0 amide bonds. The van der Waals surface area contributed by atoms with E-state index in [1.807, 2.05) is 6.92 Å². The highest BCUT2D eigenvalue weighted by Gasteiger charge is 2.16. The first kappa shape index (κ1) is 16.0. The van der Waals surface area contributed by atoms with Crippen LogP contribution in [0.3, 0.4) is 0 Å². The van der Waals surface area contributed by atoms with Gasteiger partial charge in [-0.05, 0) is 12.8 Å². The Balaban J connectivity index is 2.20. The highest BCUT2D eigenvalue weighted by atomic mass is 16.1. The average molecular weight is 327 g/mol. The Morgan fingerprint density at radius 3 is 2.96 bits per heavy atom. The van der Waals surface area contributed by atoms with Crippen LogP contribution >= 0.6 is 0 Å². The van der Waals surface area contributed by atoms with Crippen LogP contribution in [-0.4, -0.2) is 36.7 Å². The average Bonchev–Trinajstić information content (AvgIpc) is 3.22. The molecule has 3 rings (SSSR count). The van der Waals surface area contributed by atoms with Gasteiger partial charge in [-0.2, -0.15) is 0 Å². The molecule has 0 aliphatic rings. The lowest BCUT2D eigenvalue weighted by molar-refractivity contribution is 0.663. The fourth-order valence-corrected chi connectivity index (χ4v) is 2.64. The molecule has 0 aliphatic carbocycles. The SMILES string of the molecule is CCCN/C=C(\C=N)c1nc2c([nH]1)c(=O)n(CCC)c1nccn21. The van der Waals surface area contributed by atoms with Gasteiger partial charge in [0.15, 0.2) is 11.2 Å². The first-order valence-corrected chi connectivity index (χ1v) is 8.11. The van der Waals surface area contributed by atoms with Crippen molar-refractivity contribution in [2.45, 2.75) is 33.2 Å². The fraction of sp³-hybridized carbons (Fsp3) is 0.375. The highest BCUT2D eigenvalue weighted by molar-refractivity contribution is 6.07. The number of imidazole rings is 2. The smallest absolute Gasteiger partial charge is 0.280 e. The molecule has 0 fully saturated rings. The molecule has 8 heteroatoms. The van der Waals surface area contributed by atoms with E-state index in [2.05, 4.69) is 27.2 Å². The number of H-pyrrole nitrogens is 1. The van der Waals surface area contributed by atoms with Crippen molar-refractivity contribution in [3.8, 4) is 0 Å². The van der Waals surface area contributed by atoms with E-state index in [1.54, 1.807) is 27.6 Å². The maximum absolute atomic E-state index is 12.8. The third kappa shape index (κ3) is 2.60. The number of aromatic nitrogens is 5. The lowest BCUT2D eigenvalue weighted by Crippen LogP contribution is -2.23. The summed E-state index contributed by atoms with van der Waals surface area (Å²) in [6, 6.07) is 0. The van der Waals surface area contributed by atoms with Gasteiger partial charge in [0.2, 0.25) is 5.78 Å². The second-order valence-electron chi connectivity index (χ2n) is 5.54. The van der Waals surface area contributed by atoms with E-state index in [9.17, 15) is 4.79 Å². The summed E-state index contributed by atoms with van der Waals surface area (Å²) in [7, 11) is 0. The molecular formula is C16H21N7O. The van der Waals surface area contributed by atoms with Crippen molar-refractivity contribution in [3.05, 3.63) is 34.8 Å². The van der Waals surface area contributed by atoms with Crippen LogP contribution in [0.4, 0.5) is 0 Å². The van der Waals surface area contributed by atoms with Crippen LogP contribution in [0.25, 0.3) is 22.5 Å². The largest absolute Gasteiger partial charge is 0.390 e. The molecular weight excluding hydrogens is 306 g/mol. The van der Waals surface area contributed by atoms with Crippen molar-refractivity contribution >= 4 is 28.7 Å². The Hall–Kier alpha value is -2.90. The molecule has 0 atom stereocenters. The summed E-state index contributed by atoms with van der Waals surface area (Å²) in [5.41, 5.74) is 1.40. The normalized spacial score (nSPS) is 12.2. The van der Waals surface area contributed by atoms with Crippen LogP contribution < -0.4 is 10.9 Å². The molecule has 8 nitrogen and oxygen atoms in total. The zero-order valence-electron chi connectivity index (χ0n) is 13.8. The molecule has 3 aromatic heterocycles. The molecule has 0 radical (unpaired) electrons. The predicted octanol–water partition coefficient (Wildman–Crippen LogP) is 1.77. The van der Waals surface area contributed by atoms with Gasteiger partial charge in [0.25, 0.3) is 5.56 Å². The Bertz CT molecular complexity index is 960. The summed E-state index contributed by atoms with van der Waals surface area (Å²) in [6.07, 6.45) is 8.22. The number of hydrogen-bond acceptors (Lipinski definition) is 5. The van der Waals surface area contributed by atoms with Crippen LogP contribution in [0.5, 0.6) is 0 Å². The minimum Gasteiger partial charge on any atom is -0.390 e. The summed E-state index contributed by atoms with van der Waals surface area (Å²) in [6.45, 7) is 5.49. The van der Waals surface area contributed by atoms with Gasteiger partial charge in [0, 0.05) is 37.9 Å². The number of rotatable bonds is 7. The second-order valence-corrected chi connectivity index (χ2v) is 5.54. The van der Waals surface area contributed by atoms with Gasteiger partial charge in [0.05, 0.1) is 5.57 Å². The molecule has 0 spiro atoms. The van der Waals surface area contributed by atoms with E-state index in [0.29, 0.717) is 34.9 Å². The zero-order chi connectivity index (χ0) is 17.1. The Morgan fingerprint density at radius 1 is 1.42 bits per heavy atom. The summed E-state index contributed by atoms with van der Waals surface area (Å²) >= 11 is 0. The maximum atomic E-state index is 12.8. The number of hydrogen-bond donors (Lipinski definition) is 3. The molecule has 0 aromatic carbocycles. The Morgan fingerprint density at radius 2 is 2.25 bits per heavy atom. The monoisotopic (exact) mass is 327 g/mol. The number of nitrogens with zero attached hydrogens (tertiary/aromatic N) is 4. The molecule has 0 saturated carbocycles. The quantitative estimate of drug-likeness (QED) is 0.454. The fourth-order valence-electron chi connectivity index (χ4n) is 2.64. The molecule has 0 bridgehead atoms. The van der Waals surface area contributed by atoms with Gasteiger partial charge in [0.1, 0.15) is 5.82 Å². The molecule has 0 aliphatic heterocycles. The third-order valence-electron chi connectivity index (χ3n) is 3.76. The molecule has 3 N–H and O–H groups in total. The predicted molar refractivity (Wildman–Crippen MR) is 94.4 cm³/mol. The molecule has 0 saturated heterocycles. The maximum Gasteiger partial charge on any atom is 0.280 e. The number of allylic oxidation sites excluding steroid dienone is 1. The van der Waals surface area contributed by atoms with Crippen LogP contribution in [0.1, 0.15) is 32.5 Å². The van der Waals surface area contributed by atoms with Crippen LogP contribution in [0, 0.1) is 5.41 Å². The highest BCUT2D eigenvalue weighted by Crippen LogP contribution is 2.15. The summed E-state index contributed by atoms with van der Waals surface area (Å²) in [5, 5.41) is 10.7. The third-order valence-corrected chi connectivity index (χ3v) is 3.76. The van der Waals surface area contributed by atoms with Gasteiger partial charge in [-0.25, -0.2) is 9.97 Å². The second kappa shape index (κ2) is 6.69. The molecule has 0 unspecified atom stereocenters. The topological polar surface area (TPSA) is 104 Å².